The summed E-state index contributed by atoms with van der Waals surface area (Å²) in [6.45, 7) is 10.7. The van der Waals surface area contributed by atoms with Gasteiger partial charge in [-0.2, -0.15) is 0 Å². The molecular formula is C21H31NO6. The number of carbonyl (C=O) groups excluding carboxylic acids is 3. The van der Waals surface area contributed by atoms with Gasteiger partial charge in [0, 0.05) is 32.1 Å². The minimum Gasteiger partial charge on any atom is -0.465 e. The van der Waals surface area contributed by atoms with Gasteiger partial charge < -0.3 is 14.3 Å². The van der Waals surface area contributed by atoms with Crippen LogP contribution in [0.2, 0.25) is 0 Å². The van der Waals surface area contributed by atoms with Crippen molar-refractivity contribution in [1.82, 2.24) is 0 Å². The molecule has 6 atom stereocenters. The summed E-state index contributed by atoms with van der Waals surface area (Å²) in [6, 6.07) is 0. The Morgan fingerprint density at radius 3 is 2.25 bits per heavy atom. The molecule has 3 aliphatic rings. The Hall–Kier alpha value is -1.92. The molecule has 0 heterocycles. The molecule has 0 spiro atoms. The van der Waals surface area contributed by atoms with E-state index >= 15 is 0 Å². The SMILES string of the molecule is CC(=O)OC[C@@]1(C)/C(=N/OC(C)=O)CC[C@]2(C)[C@H]3CC[C@]2(C)[C@H](OC(C)=O)[C@H]31. The minimum atomic E-state index is -0.679. The topological polar surface area (TPSA) is 91.3 Å². The van der Waals surface area contributed by atoms with Crippen LogP contribution >= 0.6 is 0 Å². The lowest BCUT2D eigenvalue weighted by Crippen LogP contribution is -2.52. The lowest BCUT2D eigenvalue weighted by molar-refractivity contribution is -0.164. The smallest absolute Gasteiger partial charge is 0.331 e. The van der Waals surface area contributed by atoms with Gasteiger partial charge >= 0.3 is 17.9 Å². The lowest BCUT2D eigenvalue weighted by atomic mass is 9.62. The molecule has 0 amide bonds. The van der Waals surface area contributed by atoms with Crippen LogP contribution in [0.25, 0.3) is 0 Å². The van der Waals surface area contributed by atoms with Crippen LogP contribution in [0.3, 0.4) is 0 Å². The van der Waals surface area contributed by atoms with Crippen molar-refractivity contribution in [2.24, 2.45) is 33.2 Å². The van der Waals surface area contributed by atoms with E-state index in [-0.39, 0.29) is 41.4 Å². The Labute approximate surface area is 166 Å². The number of oxime groups is 1. The van der Waals surface area contributed by atoms with E-state index in [9.17, 15) is 14.4 Å². The molecule has 156 valence electrons. The van der Waals surface area contributed by atoms with Crippen molar-refractivity contribution >= 4 is 23.6 Å². The van der Waals surface area contributed by atoms with Crippen LogP contribution in [0.1, 0.15) is 67.2 Å². The van der Waals surface area contributed by atoms with Gasteiger partial charge in [0.25, 0.3) is 0 Å². The molecule has 3 fully saturated rings. The second-order valence-corrected chi connectivity index (χ2v) is 9.35. The maximum absolute atomic E-state index is 12.0. The lowest BCUT2D eigenvalue weighted by Gasteiger charge is -2.47. The van der Waals surface area contributed by atoms with E-state index in [0.717, 1.165) is 19.3 Å². The third-order valence-electron chi connectivity index (χ3n) is 7.91. The Morgan fingerprint density at radius 1 is 1.00 bits per heavy atom. The average molecular weight is 393 g/mol. The standard InChI is InChI=1S/C21H31NO6/c1-12(23)26-11-19(4)16(22-28-14(3)25)8-10-20(5)15-7-9-21(20,6)18(17(15)19)27-13(2)24/h15,17-18H,7-11H2,1-6H3/b22-16+/t15-,17-,18+,19-,20+,21+/m0/s1. The van der Waals surface area contributed by atoms with Crippen molar-refractivity contribution in [1.29, 1.82) is 0 Å². The number of rotatable bonds is 4. The van der Waals surface area contributed by atoms with Gasteiger partial charge in [0.1, 0.15) is 12.7 Å². The number of esters is 2. The molecule has 0 N–H and O–H groups in total. The number of nitrogens with zero attached hydrogens (tertiary/aromatic N) is 1. The van der Waals surface area contributed by atoms with Gasteiger partial charge in [0.15, 0.2) is 0 Å². The fourth-order valence-corrected chi connectivity index (χ4v) is 6.32. The summed E-state index contributed by atoms with van der Waals surface area (Å²) in [5, 5.41) is 4.18. The van der Waals surface area contributed by atoms with E-state index in [1.54, 1.807) is 0 Å². The molecule has 28 heavy (non-hydrogen) atoms. The Morgan fingerprint density at radius 2 is 1.68 bits per heavy atom. The fraction of sp³-hybridized carbons (Fsp3) is 0.810. The number of ether oxygens (including phenoxy) is 2. The maximum atomic E-state index is 12.0. The van der Waals surface area contributed by atoms with E-state index in [1.807, 2.05) is 6.92 Å². The highest BCUT2D eigenvalue weighted by molar-refractivity contribution is 5.91. The molecule has 0 aromatic heterocycles. The van der Waals surface area contributed by atoms with Gasteiger partial charge in [-0.25, -0.2) is 4.79 Å². The highest BCUT2D eigenvalue weighted by Gasteiger charge is 2.74. The first-order valence-electron chi connectivity index (χ1n) is 10.0. The van der Waals surface area contributed by atoms with Crippen molar-refractivity contribution in [3.8, 4) is 0 Å². The number of carbonyl (C=O) groups is 3. The van der Waals surface area contributed by atoms with Crippen molar-refractivity contribution in [3.05, 3.63) is 0 Å². The largest absolute Gasteiger partial charge is 0.465 e. The first kappa shape index (κ1) is 20.8. The molecule has 3 saturated carbocycles. The van der Waals surface area contributed by atoms with Crippen LogP contribution in [0.15, 0.2) is 5.16 Å². The van der Waals surface area contributed by atoms with E-state index < -0.39 is 11.4 Å². The van der Waals surface area contributed by atoms with Crippen molar-refractivity contribution in [3.63, 3.8) is 0 Å². The van der Waals surface area contributed by atoms with Crippen LogP contribution in [0.4, 0.5) is 0 Å². The van der Waals surface area contributed by atoms with Crippen molar-refractivity contribution in [2.45, 2.75) is 73.3 Å². The average Bonchev–Trinajstić information content (AvgIpc) is 2.89. The third-order valence-corrected chi connectivity index (χ3v) is 7.91. The summed E-state index contributed by atoms with van der Waals surface area (Å²) in [5.74, 6) is -0.921. The molecule has 0 aliphatic heterocycles. The summed E-state index contributed by atoms with van der Waals surface area (Å²) < 4.78 is 11.4. The third kappa shape index (κ3) is 2.94. The predicted molar refractivity (Wildman–Crippen MR) is 101 cm³/mol. The first-order chi connectivity index (χ1) is 13.0. The maximum Gasteiger partial charge on any atom is 0.331 e. The number of hydrogen-bond donors (Lipinski definition) is 0. The van der Waals surface area contributed by atoms with Crippen molar-refractivity contribution in [2.75, 3.05) is 6.61 Å². The highest BCUT2D eigenvalue weighted by Crippen LogP contribution is 2.74. The second kappa shape index (κ2) is 6.85. The van der Waals surface area contributed by atoms with E-state index in [4.69, 9.17) is 14.3 Å². The van der Waals surface area contributed by atoms with E-state index in [0.29, 0.717) is 18.1 Å². The van der Waals surface area contributed by atoms with Crippen LogP contribution < -0.4 is 0 Å². The number of hydrogen-bond acceptors (Lipinski definition) is 7. The molecule has 3 aliphatic carbocycles. The summed E-state index contributed by atoms with van der Waals surface area (Å²) in [4.78, 5) is 39.9. The summed E-state index contributed by atoms with van der Waals surface area (Å²) >= 11 is 0. The fourth-order valence-electron chi connectivity index (χ4n) is 6.32. The van der Waals surface area contributed by atoms with E-state index in [1.165, 1.54) is 20.8 Å². The molecule has 0 radical (unpaired) electrons. The Balaban J connectivity index is 2.11. The van der Waals surface area contributed by atoms with Crippen LogP contribution in [-0.4, -0.2) is 36.3 Å². The zero-order chi connectivity index (χ0) is 20.9. The van der Waals surface area contributed by atoms with Gasteiger partial charge in [0.05, 0.1) is 11.1 Å². The van der Waals surface area contributed by atoms with Gasteiger partial charge in [-0.1, -0.05) is 25.9 Å². The minimum absolute atomic E-state index is 0.0250. The summed E-state index contributed by atoms with van der Waals surface area (Å²) in [6.07, 6.45) is 3.25. The molecule has 7 heteroatoms. The van der Waals surface area contributed by atoms with Crippen LogP contribution in [0.5, 0.6) is 0 Å². The molecule has 4 bridgehead atoms. The molecule has 0 aromatic carbocycles. The monoisotopic (exact) mass is 393 g/mol. The predicted octanol–water partition coefficient (Wildman–Crippen LogP) is 3.25. The quantitative estimate of drug-likeness (QED) is 0.414. The van der Waals surface area contributed by atoms with Gasteiger partial charge in [-0.3, -0.25) is 9.59 Å². The van der Waals surface area contributed by atoms with E-state index in [2.05, 4.69) is 19.0 Å². The van der Waals surface area contributed by atoms with Gasteiger partial charge in [-0.05, 0) is 37.0 Å². The second-order valence-electron chi connectivity index (χ2n) is 9.35. The van der Waals surface area contributed by atoms with Crippen LogP contribution in [-0.2, 0) is 28.7 Å². The van der Waals surface area contributed by atoms with Crippen LogP contribution in [0, 0.1) is 28.1 Å². The van der Waals surface area contributed by atoms with Gasteiger partial charge in [0.2, 0.25) is 0 Å². The molecule has 0 saturated heterocycles. The zero-order valence-corrected chi connectivity index (χ0v) is 17.7. The van der Waals surface area contributed by atoms with Crippen molar-refractivity contribution < 1.29 is 28.7 Å². The Kier molecular flexibility index (Phi) is 5.09. The molecule has 0 aromatic rings. The summed E-state index contributed by atoms with van der Waals surface area (Å²) in [5.41, 5.74) is -0.146. The van der Waals surface area contributed by atoms with Gasteiger partial charge in [-0.15, -0.1) is 0 Å². The zero-order valence-electron chi connectivity index (χ0n) is 17.7. The Bertz CT molecular complexity index is 732. The molecular weight excluding hydrogens is 362 g/mol. The normalized spacial score (nSPS) is 42.8. The first-order valence-corrected chi connectivity index (χ1v) is 10.0. The molecule has 3 rings (SSSR count). The highest BCUT2D eigenvalue weighted by atomic mass is 16.7. The summed E-state index contributed by atoms with van der Waals surface area (Å²) in [7, 11) is 0. The molecule has 0 unspecified atom stereocenters. The molecule has 7 nitrogen and oxygen atoms in total.